The van der Waals surface area contributed by atoms with E-state index in [1.54, 1.807) is 19.2 Å². The highest BCUT2D eigenvalue weighted by Crippen LogP contribution is 2.32. The number of halogens is 3. The number of nitrogens with zero attached hydrogens (tertiary/aromatic N) is 5. The molecule has 0 spiro atoms. The first-order chi connectivity index (χ1) is 13.9. The van der Waals surface area contributed by atoms with Crippen molar-refractivity contribution in [2.24, 2.45) is 0 Å². The van der Waals surface area contributed by atoms with Gasteiger partial charge in [0.2, 0.25) is 0 Å². The molecule has 0 atom stereocenters. The van der Waals surface area contributed by atoms with Crippen LogP contribution in [0.3, 0.4) is 0 Å². The van der Waals surface area contributed by atoms with E-state index in [4.69, 9.17) is 4.74 Å². The van der Waals surface area contributed by atoms with Crippen molar-refractivity contribution >= 4 is 16.9 Å². The summed E-state index contributed by atoms with van der Waals surface area (Å²) in [5.41, 5.74) is -0.153. The second kappa shape index (κ2) is 7.04. The molecule has 0 amide bonds. The van der Waals surface area contributed by atoms with Gasteiger partial charge in [0, 0.05) is 17.8 Å². The van der Waals surface area contributed by atoms with E-state index < -0.39 is 17.7 Å². The van der Waals surface area contributed by atoms with Crippen LogP contribution in [-0.4, -0.2) is 36.9 Å². The van der Waals surface area contributed by atoms with E-state index in [2.05, 4.69) is 15.1 Å². The van der Waals surface area contributed by atoms with Crippen molar-refractivity contribution in [3.05, 3.63) is 66.4 Å². The summed E-state index contributed by atoms with van der Waals surface area (Å²) in [6, 6.07) is 5.20. The van der Waals surface area contributed by atoms with Gasteiger partial charge < -0.3 is 4.74 Å². The zero-order chi connectivity index (χ0) is 20.6. The molecule has 0 N–H and O–H groups in total. The summed E-state index contributed by atoms with van der Waals surface area (Å²) in [5.74, 6) is 0.0934. The van der Waals surface area contributed by atoms with Gasteiger partial charge in [-0.2, -0.15) is 18.3 Å². The molecule has 3 heterocycles. The molecule has 29 heavy (non-hydrogen) atoms. The number of alkyl halides is 3. The number of aromatic nitrogens is 5. The topological polar surface area (TPSA) is 74.8 Å². The summed E-state index contributed by atoms with van der Waals surface area (Å²) >= 11 is 0. The van der Waals surface area contributed by atoms with E-state index >= 15 is 0 Å². The molecule has 4 aromatic rings. The quantitative estimate of drug-likeness (QED) is 0.486. The predicted molar refractivity (Wildman–Crippen MR) is 96.9 cm³/mol. The van der Waals surface area contributed by atoms with Crippen LogP contribution in [0, 0.1) is 0 Å². The third kappa shape index (κ3) is 3.56. The standard InChI is InChI=1S/C19H14F3N5O2/c1-2-29-18(28)13-8-24-27(11-13)17-10-23-9-16(25-17)26-6-5-12-3-4-14(7-15(12)26)19(20,21)22/h3-11H,2H2,1H3. The minimum absolute atomic E-state index is 0.236. The van der Waals surface area contributed by atoms with Gasteiger partial charge in [0.15, 0.2) is 11.6 Å². The van der Waals surface area contributed by atoms with E-state index in [1.807, 2.05) is 0 Å². The van der Waals surface area contributed by atoms with Crippen molar-refractivity contribution < 1.29 is 22.7 Å². The number of fused-ring (bicyclic) bond motifs is 1. The maximum atomic E-state index is 13.1. The Kier molecular flexibility index (Phi) is 4.53. The van der Waals surface area contributed by atoms with Crippen LogP contribution in [0.25, 0.3) is 22.5 Å². The van der Waals surface area contributed by atoms with Crippen molar-refractivity contribution in [1.82, 2.24) is 24.3 Å². The van der Waals surface area contributed by atoms with Crippen molar-refractivity contribution in [3.63, 3.8) is 0 Å². The molecule has 0 unspecified atom stereocenters. The molecule has 0 bridgehead atoms. The predicted octanol–water partition coefficient (Wildman–Crippen LogP) is 3.80. The fourth-order valence-corrected chi connectivity index (χ4v) is 2.84. The lowest BCUT2D eigenvalue weighted by Gasteiger charge is -2.09. The fraction of sp³-hybridized carbons (Fsp3) is 0.158. The average molecular weight is 401 g/mol. The van der Waals surface area contributed by atoms with Gasteiger partial charge in [0.1, 0.15) is 0 Å². The van der Waals surface area contributed by atoms with Gasteiger partial charge in [-0.05, 0) is 25.1 Å². The van der Waals surface area contributed by atoms with Crippen molar-refractivity contribution in [2.45, 2.75) is 13.1 Å². The van der Waals surface area contributed by atoms with Gasteiger partial charge in [-0.3, -0.25) is 9.55 Å². The zero-order valence-electron chi connectivity index (χ0n) is 15.1. The third-order valence-corrected chi connectivity index (χ3v) is 4.20. The summed E-state index contributed by atoms with van der Waals surface area (Å²) in [6.45, 7) is 1.93. The van der Waals surface area contributed by atoms with Gasteiger partial charge in [0.25, 0.3) is 0 Å². The lowest BCUT2D eigenvalue weighted by molar-refractivity contribution is -0.137. The minimum Gasteiger partial charge on any atom is -0.462 e. The Balaban J connectivity index is 1.74. The zero-order valence-corrected chi connectivity index (χ0v) is 15.1. The first-order valence-corrected chi connectivity index (χ1v) is 8.59. The molecule has 148 valence electrons. The van der Waals surface area contributed by atoms with Crippen molar-refractivity contribution in [2.75, 3.05) is 6.61 Å². The van der Waals surface area contributed by atoms with E-state index in [0.717, 1.165) is 12.1 Å². The Morgan fingerprint density at radius 3 is 2.69 bits per heavy atom. The van der Waals surface area contributed by atoms with Crippen molar-refractivity contribution in [1.29, 1.82) is 0 Å². The molecular weight excluding hydrogens is 387 g/mol. The molecule has 4 rings (SSSR count). The number of esters is 1. The Labute approximate surface area is 162 Å². The van der Waals surface area contributed by atoms with E-state index in [0.29, 0.717) is 22.5 Å². The lowest BCUT2D eigenvalue weighted by Crippen LogP contribution is -2.06. The lowest BCUT2D eigenvalue weighted by atomic mass is 10.1. The molecule has 0 radical (unpaired) electrons. The normalized spacial score (nSPS) is 11.7. The smallest absolute Gasteiger partial charge is 0.416 e. The maximum Gasteiger partial charge on any atom is 0.416 e. The molecule has 0 saturated heterocycles. The molecule has 10 heteroatoms. The molecule has 0 saturated carbocycles. The van der Waals surface area contributed by atoms with Gasteiger partial charge in [-0.15, -0.1) is 0 Å². The highest BCUT2D eigenvalue weighted by atomic mass is 19.4. The number of ether oxygens (including phenoxy) is 1. The van der Waals surface area contributed by atoms with Crippen LogP contribution in [0.5, 0.6) is 0 Å². The van der Waals surface area contributed by atoms with E-state index in [1.165, 1.54) is 40.1 Å². The SMILES string of the molecule is CCOC(=O)c1cnn(-c2cncc(-n3ccc4ccc(C(F)(F)F)cc43)n2)c1. The second-order valence-corrected chi connectivity index (χ2v) is 6.09. The van der Waals surface area contributed by atoms with Crippen LogP contribution in [-0.2, 0) is 10.9 Å². The first-order valence-electron chi connectivity index (χ1n) is 8.59. The van der Waals surface area contributed by atoms with Gasteiger partial charge in [0.05, 0.1) is 41.8 Å². The molecule has 0 aliphatic heterocycles. The second-order valence-electron chi connectivity index (χ2n) is 6.09. The largest absolute Gasteiger partial charge is 0.462 e. The summed E-state index contributed by atoms with van der Waals surface area (Å²) < 4.78 is 47.0. The molecular formula is C19H14F3N5O2. The molecule has 0 fully saturated rings. The summed E-state index contributed by atoms with van der Waals surface area (Å²) in [4.78, 5) is 20.3. The number of benzene rings is 1. The minimum atomic E-state index is -4.45. The molecule has 7 nitrogen and oxygen atoms in total. The highest BCUT2D eigenvalue weighted by Gasteiger charge is 2.30. The Hall–Kier alpha value is -3.69. The van der Waals surface area contributed by atoms with E-state index in [-0.39, 0.29) is 12.2 Å². The number of rotatable bonds is 4. The number of hydrogen-bond acceptors (Lipinski definition) is 5. The number of carbonyl (C=O) groups is 1. The van der Waals surface area contributed by atoms with Crippen LogP contribution in [0.15, 0.2) is 55.2 Å². The maximum absolute atomic E-state index is 13.1. The van der Waals surface area contributed by atoms with Gasteiger partial charge in [-0.25, -0.2) is 14.5 Å². The Morgan fingerprint density at radius 2 is 1.93 bits per heavy atom. The van der Waals surface area contributed by atoms with Gasteiger partial charge in [-0.1, -0.05) is 6.07 Å². The third-order valence-electron chi connectivity index (χ3n) is 4.20. The molecule has 1 aromatic carbocycles. The van der Waals surface area contributed by atoms with Gasteiger partial charge >= 0.3 is 12.1 Å². The highest BCUT2D eigenvalue weighted by molar-refractivity contribution is 5.88. The van der Waals surface area contributed by atoms with Crippen molar-refractivity contribution in [3.8, 4) is 11.6 Å². The summed E-state index contributed by atoms with van der Waals surface area (Å²) in [7, 11) is 0. The summed E-state index contributed by atoms with van der Waals surface area (Å²) in [5, 5.41) is 4.71. The average Bonchev–Trinajstić information content (AvgIpc) is 3.34. The van der Waals surface area contributed by atoms with Crippen LogP contribution < -0.4 is 0 Å². The number of hydrogen-bond donors (Lipinski definition) is 0. The molecule has 0 aliphatic rings. The summed E-state index contributed by atoms with van der Waals surface area (Å²) in [6.07, 6.45) is 2.81. The Bertz CT molecular complexity index is 1200. The van der Waals surface area contributed by atoms with Crippen LogP contribution in [0.1, 0.15) is 22.8 Å². The van der Waals surface area contributed by atoms with Crippen LogP contribution >= 0.6 is 0 Å². The Morgan fingerprint density at radius 1 is 1.14 bits per heavy atom. The van der Waals surface area contributed by atoms with E-state index in [9.17, 15) is 18.0 Å². The fourth-order valence-electron chi connectivity index (χ4n) is 2.84. The first kappa shape index (κ1) is 18.7. The molecule has 3 aromatic heterocycles. The van der Waals surface area contributed by atoms with Crippen LogP contribution in [0.4, 0.5) is 13.2 Å². The van der Waals surface area contributed by atoms with Crippen LogP contribution in [0.2, 0.25) is 0 Å². The number of carbonyl (C=O) groups excluding carboxylic acids is 1. The monoisotopic (exact) mass is 401 g/mol. The molecule has 0 aliphatic carbocycles.